The second kappa shape index (κ2) is 5.05. The second-order valence-electron chi connectivity index (χ2n) is 5.01. The molecule has 0 amide bonds. The van der Waals surface area contributed by atoms with Crippen molar-refractivity contribution < 1.29 is 13.2 Å². The Kier molecular flexibility index (Phi) is 3.34. The van der Waals surface area contributed by atoms with Gasteiger partial charge in [0, 0.05) is 12.6 Å². The van der Waals surface area contributed by atoms with Crippen molar-refractivity contribution >= 4 is 22.8 Å². The summed E-state index contributed by atoms with van der Waals surface area (Å²) in [7, 11) is 0. The van der Waals surface area contributed by atoms with E-state index in [1.165, 1.54) is 11.1 Å². The van der Waals surface area contributed by atoms with Crippen molar-refractivity contribution in [1.82, 2.24) is 20.2 Å². The van der Waals surface area contributed by atoms with Crippen molar-refractivity contribution in [1.29, 1.82) is 0 Å². The van der Waals surface area contributed by atoms with Crippen LogP contribution in [0.4, 0.5) is 24.9 Å². The molecule has 1 saturated carbocycles. The van der Waals surface area contributed by atoms with Crippen LogP contribution in [0.5, 0.6) is 0 Å². The molecule has 0 aliphatic heterocycles. The number of H-pyrrole nitrogens is 1. The van der Waals surface area contributed by atoms with Gasteiger partial charge in [-0.1, -0.05) is 0 Å². The van der Waals surface area contributed by atoms with Crippen LogP contribution < -0.4 is 10.2 Å². The molecule has 0 atom stereocenters. The summed E-state index contributed by atoms with van der Waals surface area (Å²) in [4.78, 5) is 9.75. The van der Waals surface area contributed by atoms with Gasteiger partial charge in [-0.05, 0) is 19.8 Å². The van der Waals surface area contributed by atoms with Gasteiger partial charge in [0.1, 0.15) is 12.4 Å². The van der Waals surface area contributed by atoms with E-state index in [0.29, 0.717) is 23.5 Å². The van der Waals surface area contributed by atoms with Gasteiger partial charge in [0.2, 0.25) is 5.95 Å². The summed E-state index contributed by atoms with van der Waals surface area (Å²) in [5.74, 6) is 0.585. The van der Waals surface area contributed by atoms with E-state index in [1.54, 1.807) is 0 Å². The molecule has 0 unspecified atom stereocenters. The van der Waals surface area contributed by atoms with E-state index in [0.717, 1.165) is 12.8 Å². The zero-order chi connectivity index (χ0) is 15.0. The molecule has 3 rings (SSSR count). The first-order chi connectivity index (χ1) is 9.98. The molecular formula is C12H15F3N6. The van der Waals surface area contributed by atoms with Gasteiger partial charge in [0.15, 0.2) is 5.65 Å². The summed E-state index contributed by atoms with van der Waals surface area (Å²) in [5, 5.41) is 9.98. The van der Waals surface area contributed by atoms with E-state index in [9.17, 15) is 13.2 Å². The molecule has 1 fully saturated rings. The molecule has 0 saturated heterocycles. The molecule has 0 spiro atoms. The summed E-state index contributed by atoms with van der Waals surface area (Å²) < 4.78 is 38.5. The van der Waals surface area contributed by atoms with Gasteiger partial charge in [-0.15, -0.1) is 0 Å². The lowest BCUT2D eigenvalue weighted by Gasteiger charge is -2.25. The predicted molar refractivity (Wildman–Crippen MR) is 72.3 cm³/mol. The second-order valence-corrected chi connectivity index (χ2v) is 5.01. The number of hydrogen-bond donors (Lipinski definition) is 2. The molecule has 2 heterocycles. The molecule has 21 heavy (non-hydrogen) atoms. The van der Waals surface area contributed by atoms with Gasteiger partial charge in [-0.3, -0.25) is 5.10 Å². The average molecular weight is 300 g/mol. The van der Waals surface area contributed by atoms with E-state index < -0.39 is 12.7 Å². The van der Waals surface area contributed by atoms with Gasteiger partial charge >= 0.3 is 6.18 Å². The highest BCUT2D eigenvalue weighted by Gasteiger charge is 2.39. The molecule has 6 nitrogen and oxygen atoms in total. The molecule has 114 valence electrons. The van der Waals surface area contributed by atoms with Crippen LogP contribution in [-0.2, 0) is 0 Å². The van der Waals surface area contributed by atoms with Crippen LogP contribution >= 0.6 is 0 Å². The molecule has 1 aliphatic rings. The molecule has 9 heteroatoms. The Balaban J connectivity index is 2.04. The smallest absolute Gasteiger partial charge is 0.354 e. The molecule has 2 aromatic heterocycles. The van der Waals surface area contributed by atoms with Crippen molar-refractivity contribution in [3.05, 3.63) is 6.20 Å². The van der Waals surface area contributed by atoms with E-state index in [2.05, 4.69) is 25.5 Å². The lowest BCUT2D eigenvalue weighted by atomic mass is 10.3. The summed E-state index contributed by atoms with van der Waals surface area (Å²) in [5.41, 5.74) is 0.434. The standard InChI is InChI=1S/C12H15F3N6/c1-2-16-11-18-9-8(5-17-20-9)10(19-11)21(7-3-4-7)6-12(13,14)15/h5,7H,2-4,6H2,1H3,(H2,16,17,18,19,20). The Morgan fingerprint density at radius 1 is 1.38 bits per heavy atom. The van der Waals surface area contributed by atoms with Gasteiger partial charge in [0.05, 0.1) is 11.6 Å². The van der Waals surface area contributed by atoms with Crippen LogP contribution in [0.15, 0.2) is 6.20 Å². The summed E-state index contributed by atoms with van der Waals surface area (Å²) in [6.45, 7) is 1.44. The summed E-state index contributed by atoms with van der Waals surface area (Å²) in [6.07, 6.45) is -1.32. The summed E-state index contributed by atoms with van der Waals surface area (Å²) >= 11 is 0. The van der Waals surface area contributed by atoms with Crippen LogP contribution in [0.3, 0.4) is 0 Å². The topological polar surface area (TPSA) is 69.7 Å². The minimum atomic E-state index is -4.28. The van der Waals surface area contributed by atoms with E-state index in [-0.39, 0.29) is 11.9 Å². The van der Waals surface area contributed by atoms with Crippen LogP contribution in [0, 0.1) is 0 Å². The predicted octanol–water partition coefficient (Wildman–Crippen LogP) is 2.32. The fraction of sp³-hybridized carbons (Fsp3) is 0.583. The Hall–Kier alpha value is -2.06. The maximum atomic E-state index is 12.8. The highest BCUT2D eigenvalue weighted by Crippen LogP contribution is 2.36. The molecule has 2 N–H and O–H groups in total. The first kappa shape index (κ1) is 13.9. The van der Waals surface area contributed by atoms with Crippen LogP contribution in [0.1, 0.15) is 19.8 Å². The molecule has 0 radical (unpaired) electrons. The fourth-order valence-corrected chi connectivity index (χ4v) is 2.23. The number of fused-ring (bicyclic) bond motifs is 1. The normalized spacial score (nSPS) is 15.4. The SMILES string of the molecule is CCNc1nc(N(CC(F)(F)F)C2CC2)c2cn[nH]c2n1. The Morgan fingerprint density at radius 3 is 2.76 bits per heavy atom. The van der Waals surface area contributed by atoms with Crippen LogP contribution in [0.2, 0.25) is 0 Å². The fourth-order valence-electron chi connectivity index (χ4n) is 2.23. The quantitative estimate of drug-likeness (QED) is 0.887. The van der Waals surface area contributed by atoms with E-state index >= 15 is 0 Å². The Morgan fingerprint density at radius 2 is 2.14 bits per heavy atom. The minimum absolute atomic E-state index is 0.117. The number of aromatic nitrogens is 4. The zero-order valence-corrected chi connectivity index (χ0v) is 11.4. The lowest BCUT2D eigenvalue weighted by Crippen LogP contribution is -2.36. The van der Waals surface area contributed by atoms with Gasteiger partial charge in [-0.2, -0.15) is 28.2 Å². The average Bonchev–Trinajstić information content (AvgIpc) is 3.13. The van der Waals surface area contributed by atoms with Crippen LogP contribution in [0.25, 0.3) is 11.0 Å². The monoisotopic (exact) mass is 300 g/mol. The third-order valence-corrected chi connectivity index (χ3v) is 3.23. The number of nitrogens with zero attached hydrogens (tertiary/aromatic N) is 4. The van der Waals surface area contributed by atoms with Gasteiger partial charge in [-0.25, -0.2) is 0 Å². The Labute approximate surface area is 118 Å². The number of rotatable bonds is 5. The van der Waals surface area contributed by atoms with Crippen molar-refractivity contribution in [2.75, 3.05) is 23.3 Å². The van der Waals surface area contributed by atoms with Crippen molar-refractivity contribution in [3.8, 4) is 0 Å². The highest BCUT2D eigenvalue weighted by atomic mass is 19.4. The molecule has 1 aliphatic carbocycles. The number of alkyl halides is 3. The first-order valence-corrected chi connectivity index (χ1v) is 6.76. The number of anilines is 2. The maximum Gasteiger partial charge on any atom is 0.405 e. The largest absolute Gasteiger partial charge is 0.405 e. The van der Waals surface area contributed by atoms with Crippen molar-refractivity contribution in [2.24, 2.45) is 0 Å². The van der Waals surface area contributed by atoms with Crippen molar-refractivity contribution in [3.63, 3.8) is 0 Å². The molecular weight excluding hydrogens is 285 g/mol. The number of halogens is 3. The van der Waals surface area contributed by atoms with Crippen molar-refractivity contribution in [2.45, 2.75) is 32.0 Å². The van der Waals surface area contributed by atoms with E-state index in [4.69, 9.17) is 0 Å². The first-order valence-electron chi connectivity index (χ1n) is 6.76. The third kappa shape index (κ3) is 3.01. The van der Waals surface area contributed by atoms with Gasteiger partial charge in [0.25, 0.3) is 0 Å². The maximum absolute atomic E-state index is 12.8. The number of hydrogen-bond acceptors (Lipinski definition) is 5. The minimum Gasteiger partial charge on any atom is -0.354 e. The molecule has 0 bridgehead atoms. The van der Waals surface area contributed by atoms with Crippen LogP contribution in [-0.4, -0.2) is 45.5 Å². The van der Waals surface area contributed by atoms with Gasteiger partial charge < -0.3 is 10.2 Å². The van der Waals surface area contributed by atoms with E-state index in [1.807, 2.05) is 6.92 Å². The number of nitrogens with one attached hydrogen (secondary N) is 2. The third-order valence-electron chi connectivity index (χ3n) is 3.23. The molecule has 0 aromatic carbocycles. The Bertz CT molecular complexity index is 633. The zero-order valence-electron chi connectivity index (χ0n) is 11.4. The highest BCUT2D eigenvalue weighted by molar-refractivity contribution is 5.87. The molecule has 2 aromatic rings. The lowest BCUT2D eigenvalue weighted by molar-refractivity contribution is -0.120. The summed E-state index contributed by atoms with van der Waals surface area (Å²) in [6, 6.07) is -0.117. The number of aromatic amines is 1.